The molecule has 0 spiro atoms. The molecule has 5 nitrogen and oxygen atoms in total. The van der Waals surface area contributed by atoms with Gasteiger partial charge in [0.05, 0.1) is 5.69 Å². The van der Waals surface area contributed by atoms with E-state index in [1.54, 1.807) is 18.3 Å². The number of pyridine rings is 1. The second kappa shape index (κ2) is 12.6. The summed E-state index contributed by atoms with van der Waals surface area (Å²) in [6.07, 6.45) is 2.63. The number of fused-ring (bicyclic) bond motifs is 3. The molecule has 0 radical (unpaired) electrons. The van der Waals surface area contributed by atoms with Crippen molar-refractivity contribution in [2.24, 2.45) is 5.41 Å². The maximum absolute atomic E-state index is 14.4. The molecule has 0 saturated heterocycles. The predicted octanol–water partition coefficient (Wildman–Crippen LogP) is 10.1. The van der Waals surface area contributed by atoms with Crippen LogP contribution in [0.2, 0.25) is 0 Å². The average Bonchev–Trinajstić information content (AvgIpc) is 3.48. The van der Waals surface area contributed by atoms with Crippen LogP contribution in [-0.2, 0) is 27.5 Å². The van der Waals surface area contributed by atoms with Crippen LogP contribution in [0.25, 0.3) is 44.4 Å². The second-order valence-electron chi connectivity index (χ2n) is 13.2. The van der Waals surface area contributed by atoms with Gasteiger partial charge >= 0.3 is 21.1 Å². The summed E-state index contributed by atoms with van der Waals surface area (Å²) in [7, 11) is 0. The molecule has 0 bridgehead atoms. The van der Waals surface area contributed by atoms with E-state index in [1.807, 2.05) is 71.6 Å². The Morgan fingerprint density at radius 2 is 1.62 bits per heavy atom. The molecule has 0 unspecified atom stereocenters. The molecular weight excluding hydrogens is 767 g/mol. The van der Waals surface area contributed by atoms with Gasteiger partial charge in [-0.15, -0.1) is 35.7 Å². The zero-order valence-electron chi connectivity index (χ0n) is 27.3. The van der Waals surface area contributed by atoms with Crippen molar-refractivity contribution in [2.45, 2.75) is 48.0 Å². The Kier molecular flexibility index (Phi) is 8.67. The molecule has 0 amide bonds. The van der Waals surface area contributed by atoms with E-state index in [1.165, 1.54) is 6.07 Å². The van der Waals surface area contributed by atoms with Crippen molar-refractivity contribution < 1.29 is 30.2 Å². The molecule has 7 rings (SSSR count). The minimum Gasteiger partial charge on any atom is -0.509 e. The van der Waals surface area contributed by atoms with Crippen molar-refractivity contribution in [3.63, 3.8) is 0 Å². The van der Waals surface area contributed by atoms with Gasteiger partial charge in [-0.2, -0.15) is 16.7 Å². The van der Waals surface area contributed by atoms with Crippen molar-refractivity contribution >= 4 is 21.8 Å². The van der Waals surface area contributed by atoms with Crippen molar-refractivity contribution in [3.05, 3.63) is 132 Å². The van der Waals surface area contributed by atoms with Gasteiger partial charge in [0, 0.05) is 34.5 Å². The third kappa shape index (κ3) is 6.40. The van der Waals surface area contributed by atoms with E-state index in [-0.39, 0.29) is 32.3 Å². The monoisotopic (exact) mass is 801 g/mol. The topological polar surface area (TPSA) is 44.9 Å². The van der Waals surface area contributed by atoms with Gasteiger partial charge in [-0.1, -0.05) is 56.6 Å². The summed E-state index contributed by atoms with van der Waals surface area (Å²) in [5, 5.41) is 6.61. The molecule has 3 heterocycles. The second-order valence-corrected chi connectivity index (χ2v) is 13.2. The van der Waals surface area contributed by atoms with Crippen LogP contribution in [-0.4, -0.2) is 19.3 Å². The number of aryl methyl sites for hydroxylation is 2. The molecule has 0 N–H and O–H groups in total. The maximum atomic E-state index is 14.4. The van der Waals surface area contributed by atoms with Crippen LogP contribution in [0.5, 0.6) is 11.5 Å². The molecule has 7 aromatic rings. The fraction of sp³-hybridized carbons (Fsp3) is 0.200. The van der Waals surface area contributed by atoms with Crippen LogP contribution in [0.1, 0.15) is 43.3 Å². The molecule has 0 fully saturated rings. The quantitative estimate of drug-likeness (QED) is 0.157. The van der Waals surface area contributed by atoms with Crippen molar-refractivity contribution in [2.75, 3.05) is 0 Å². The van der Waals surface area contributed by atoms with E-state index in [0.29, 0.717) is 11.5 Å². The fourth-order valence-electron chi connectivity index (χ4n) is 6.32. The summed E-state index contributed by atoms with van der Waals surface area (Å²) in [6.45, 7) is 12.8. The van der Waals surface area contributed by atoms with E-state index in [2.05, 4.69) is 63.0 Å². The van der Waals surface area contributed by atoms with Gasteiger partial charge < -0.3 is 9.30 Å². The van der Waals surface area contributed by atoms with Crippen LogP contribution in [0.3, 0.4) is 0 Å². The van der Waals surface area contributed by atoms with E-state index in [9.17, 15) is 4.39 Å². The third-order valence-electron chi connectivity index (χ3n) is 8.17. The summed E-state index contributed by atoms with van der Waals surface area (Å²) in [5.41, 5.74) is 8.92. The van der Waals surface area contributed by atoms with Crippen LogP contribution in [0, 0.1) is 44.1 Å². The number of halogens is 1. The number of rotatable bonds is 6. The number of aromatic nitrogens is 4. The minimum absolute atomic E-state index is 0. The Labute approximate surface area is 289 Å². The summed E-state index contributed by atoms with van der Waals surface area (Å²) in [5.74, 6) is 1.54. The Morgan fingerprint density at radius 1 is 0.830 bits per heavy atom. The number of hydrogen-bond donors (Lipinski definition) is 0. The Morgan fingerprint density at radius 3 is 2.36 bits per heavy atom. The minimum atomic E-state index is -0.290. The molecule has 3 aromatic heterocycles. The molecule has 0 saturated carbocycles. The van der Waals surface area contributed by atoms with Crippen molar-refractivity contribution in [3.8, 4) is 34.1 Å². The molecule has 7 heteroatoms. The van der Waals surface area contributed by atoms with Gasteiger partial charge in [-0.05, 0) is 85.1 Å². The van der Waals surface area contributed by atoms with E-state index in [0.717, 1.165) is 73.4 Å². The third-order valence-corrected chi connectivity index (χ3v) is 8.17. The molecular formula is C40H35FN4OPt. The van der Waals surface area contributed by atoms with Crippen molar-refractivity contribution in [1.29, 1.82) is 0 Å². The molecule has 0 aliphatic heterocycles. The normalized spacial score (nSPS) is 11.6. The summed E-state index contributed by atoms with van der Waals surface area (Å²) in [4.78, 5) is 4.64. The maximum Gasteiger partial charge on any atom is 2.00 e. The van der Waals surface area contributed by atoms with Gasteiger partial charge in [0.15, 0.2) is 0 Å². The number of ether oxygens (including phenoxy) is 1. The standard InChI is InChI=1S/C40H35FN4O.Pt/c1-25-16-17-42-38(18-25)44-36-15-12-30(41)21-35(36)34-14-13-32(23-37(34)44)46-33-20-28(24-40(4,5)6)19-31(22-33)45-27(3)39(26(2)43-45)29-10-8-7-9-11-29;/h7-21H,24H2,1-6H3;/q-2;+2. The Balaban J connectivity index is 0.00000386. The Hall–Kier alpha value is -4.54. The molecule has 0 aliphatic carbocycles. The van der Waals surface area contributed by atoms with Crippen molar-refractivity contribution in [1.82, 2.24) is 19.3 Å². The smallest absolute Gasteiger partial charge is 0.509 e. The predicted molar refractivity (Wildman–Crippen MR) is 183 cm³/mol. The van der Waals surface area contributed by atoms with Gasteiger partial charge in [0.25, 0.3) is 0 Å². The molecule has 0 aliphatic rings. The molecule has 47 heavy (non-hydrogen) atoms. The SMILES string of the molecule is Cc1ccnc(-n2c3[c-]c(Oc4[c-]c(-n5nc(C)c(-c6ccccc6)c5C)cc(CC(C)(C)C)c4)ccc3c3cc(F)ccc32)c1.[Pt+2]. The average molecular weight is 802 g/mol. The zero-order chi connectivity index (χ0) is 32.2. The first-order chi connectivity index (χ1) is 22.0. The summed E-state index contributed by atoms with van der Waals surface area (Å²) in [6, 6.07) is 34.1. The summed E-state index contributed by atoms with van der Waals surface area (Å²) < 4.78 is 24.9. The van der Waals surface area contributed by atoms with Crippen LogP contribution in [0.15, 0.2) is 91.1 Å². The van der Waals surface area contributed by atoms with Gasteiger partial charge in [0.1, 0.15) is 11.6 Å². The first-order valence-electron chi connectivity index (χ1n) is 15.5. The van der Waals surface area contributed by atoms with Gasteiger partial charge in [-0.3, -0.25) is 4.68 Å². The largest absolute Gasteiger partial charge is 2.00 e. The zero-order valence-corrected chi connectivity index (χ0v) is 29.5. The van der Waals surface area contributed by atoms with E-state index in [4.69, 9.17) is 9.84 Å². The van der Waals surface area contributed by atoms with Crippen LogP contribution >= 0.6 is 0 Å². The van der Waals surface area contributed by atoms with Gasteiger partial charge in [0.2, 0.25) is 0 Å². The van der Waals surface area contributed by atoms with E-state index < -0.39 is 0 Å². The first-order valence-corrected chi connectivity index (χ1v) is 15.5. The number of benzene rings is 4. The fourth-order valence-corrected chi connectivity index (χ4v) is 6.32. The number of nitrogens with zero attached hydrogens (tertiary/aromatic N) is 4. The summed E-state index contributed by atoms with van der Waals surface area (Å²) >= 11 is 0. The number of hydrogen-bond acceptors (Lipinski definition) is 3. The van der Waals surface area contributed by atoms with Gasteiger partial charge in [-0.25, -0.2) is 9.37 Å². The Bertz CT molecular complexity index is 2250. The van der Waals surface area contributed by atoms with E-state index >= 15 is 0 Å². The molecule has 0 atom stereocenters. The molecule has 238 valence electrons. The first kappa shape index (κ1) is 32.4. The van der Waals surface area contributed by atoms with Crippen LogP contribution in [0.4, 0.5) is 4.39 Å². The van der Waals surface area contributed by atoms with Crippen LogP contribution < -0.4 is 4.74 Å². The molecule has 4 aromatic carbocycles.